The summed E-state index contributed by atoms with van der Waals surface area (Å²) in [6.07, 6.45) is 1.00. The van der Waals surface area contributed by atoms with Crippen LogP contribution in [0, 0.1) is 0 Å². The standard InChI is InChI=1S/C16H13BrN2O/c17-12-4-5-14(18)13(9-12)16(20)11-3-6-15-10(8-11)2-1-7-19-15/h1-9,16,20H,18H2. The van der Waals surface area contributed by atoms with Crippen LogP contribution in [-0.2, 0) is 0 Å². The first-order chi connectivity index (χ1) is 9.65. The number of hydrogen-bond donors (Lipinski definition) is 2. The van der Waals surface area contributed by atoms with Crippen molar-refractivity contribution in [1.29, 1.82) is 0 Å². The summed E-state index contributed by atoms with van der Waals surface area (Å²) in [5.74, 6) is 0. The Kier molecular flexibility index (Phi) is 3.42. The highest BCUT2D eigenvalue weighted by Gasteiger charge is 2.14. The average molecular weight is 329 g/mol. The van der Waals surface area contributed by atoms with Crippen molar-refractivity contribution in [2.24, 2.45) is 0 Å². The summed E-state index contributed by atoms with van der Waals surface area (Å²) in [7, 11) is 0. The Morgan fingerprint density at radius 2 is 1.95 bits per heavy atom. The van der Waals surface area contributed by atoms with Crippen LogP contribution in [0.25, 0.3) is 10.9 Å². The van der Waals surface area contributed by atoms with Crippen molar-refractivity contribution in [2.45, 2.75) is 6.10 Å². The molecule has 1 atom stereocenters. The maximum atomic E-state index is 10.5. The maximum Gasteiger partial charge on any atom is 0.106 e. The lowest BCUT2D eigenvalue weighted by Gasteiger charge is -2.15. The molecule has 0 bridgehead atoms. The van der Waals surface area contributed by atoms with Gasteiger partial charge in [0.15, 0.2) is 0 Å². The average Bonchev–Trinajstić information content (AvgIpc) is 2.48. The zero-order chi connectivity index (χ0) is 14.1. The van der Waals surface area contributed by atoms with E-state index in [0.717, 1.165) is 20.9 Å². The summed E-state index contributed by atoms with van der Waals surface area (Å²) in [5, 5.41) is 11.5. The number of anilines is 1. The SMILES string of the molecule is Nc1ccc(Br)cc1C(O)c1ccc2ncccc2c1. The van der Waals surface area contributed by atoms with E-state index in [9.17, 15) is 5.11 Å². The highest BCUT2D eigenvalue weighted by Crippen LogP contribution is 2.30. The fraction of sp³-hybridized carbons (Fsp3) is 0.0625. The number of nitrogens with zero attached hydrogens (tertiary/aromatic N) is 1. The molecule has 1 heterocycles. The quantitative estimate of drug-likeness (QED) is 0.706. The second-order valence-electron chi connectivity index (χ2n) is 4.63. The van der Waals surface area contributed by atoms with Gasteiger partial charge in [-0.25, -0.2) is 0 Å². The van der Waals surface area contributed by atoms with E-state index in [0.29, 0.717) is 11.3 Å². The van der Waals surface area contributed by atoms with E-state index in [-0.39, 0.29) is 0 Å². The highest BCUT2D eigenvalue weighted by atomic mass is 79.9. The zero-order valence-electron chi connectivity index (χ0n) is 10.6. The lowest BCUT2D eigenvalue weighted by molar-refractivity contribution is 0.221. The Morgan fingerprint density at radius 3 is 2.80 bits per heavy atom. The van der Waals surface area contributed by atoms with Gasteiger partial charge in [0.1, 0.15) is 6.10 Å². The summed E-state index contributed by atoms with van der Waals surface area (Å²) in [5.41, 5.74) is 8.93. The molecule has 3 nitrogen and oxygen atoms in total. The summed E-state index contributed by atoms with van der Waals surface area (Å²) in [6, 6.07) is 15.1. The first-order valence-electron chi connectivity index (χ1n) is 6.23. The molecule has 0 aliphatic rings. The van der Waals surface area contributed by atoms with Gasteiger partial charge >= 0.3 is 0 Å². The van der Waals surface area contributed by atoms with Gasteiger partial charge in [-0.05, 0) is 42.0 Å². The van der Waals surface area contributed by atoms with Crippen LogP contribution in [-0.4, -0.2) is 10.1 Å². The Morgan fingerprint density at radius 1 is 1.10 bits per heavy atom. The van der Waals surface area contributed by atoms with E-state index < -0.39 is 6.10 Å². The van der Waals surface area contributed by atoms with Crippen LogP contribution in [0.2, 0.25) is 0 Å². The van der Waals surface area contributed by atoms with Crippen molar-refractivity contribution >= 4 is 32.5 Å². The number of hydrogen-bond acceptors (Lipinski definition) is 3. The molecule has 1 unspecified atom stereocenters. The van der Waals surface area contributed by atoms with Gasteiger partial charge in [0.2, 0.25) is 0 Å². The van der Waals surface area contributed by atoms with E-state index in [4.69, 9.17) is 5.73 Å². The van der Waals surface area contributed by atoms with Crippen LogP contribution >= 0.6 is 15.9 Å². The van der Waals surface area contributed by atoms with Crippen LogP contribution in [0.4, 0.5) is 5.69 Å². The first-order valence-corrected chi connectivity index (χ1v) is 7.02. The van der Waals surface area contributed by atoms with Crippen LogP contribution in [0.5, 0.6) is 0 Å². The molecule has 0 amide bonds. The van der Waals surface area contributed by atoms with Crippen LogP contribution < -0.4 is 5.73 Å². The van der Waals surface area contributed by atoms with Crippen molar-refractivity contribution in [3.8, 4) is 0 Å². The van der Waals surface area contributed by atoms with Crippen molar-refractivity contribution < 1.29 is 5.11 Å². The second kappa shape index (κ2) is 5.23. The predicted octanol–water partition coefficient (Wildman–Crippen LogP) is 3.66. The highest BCUT2D eigenvalue weighted by molar-refractivity contribution is 9.10. The normalized spacial score (nSPS) is 12.5. The molecule has 0 spiro atoms. The molecule has 3 aromatic rings. The fourth-order valence-electron chi connectivity index (χ4n) is 2.23. The number of rotatable bonds is 2. The number of aliphatic hydroxyl groups excluding tert-OH is 1. The van der Waals surface area contributed by atoms with Gasteiger partial charge in [-0.2, -0.15) is 0 Å². The van der Waals surface area contributed by atoms with E-state index in [1.165, 1.54) is 0 Å². The van der Waals surface area contributed by atoms with Gasteiger partial charge in [0, 0.05) is 27.3 Å². The number of nitrogen functional groups attached to an aromatic ring is 1. The molecule has 3 rings (SSSR count). The van der Waals surface area contributed by atoms with E-state index >= 15 is 0 Å². The lowest BCUT2D eigenvalue weighted by Crippen LogP contribution is -2.04. The Labute approximate surface area is 125 Å². The number of halogens is 1. The molecule has 2 aromatic carbocycles. The van der Waals surface area contributed by atoms with Gasteiger partial charge < -0.3 is 10.8 Å². The monoisotopic (exact) mass is 328 g/mol. The summed E-state index contributed by atoms with van der Waals surface area (Å²) in [6.45, 7) is 0. The Hall–Kier alpha value is -1.91. The van der Waals surface area contributed by atoms with Gasteiger partial charge in [0.05, 0.1) is 5.52 Å². The summed E-state index contributed by atoms with van der Waals surface area (Å²) < 4.78 is 0.892. The van der Waals surface area contributed by atoms with Gasteiger partial charge in [0.25, 0.3) is 0 Å². The molecular weight excluding hydrogens is 316 g/mol. The molecule has 0 saturated carbocycles. The predicted molar refractivity (Wildman–Crippen MR) is 84.4 cm³/mol. The van der Waals surface area contributed by atoms with Crippen LogP contribution in [0.15, 0.2) is 59.2 Å². The molecule has 100 valence electrons. The number of benzene rings is 2. The van der Waals surface area contributed by atoms with Gasteiger partial charge in [-0.3, -0.25) is 4.98 Å². The van der Waals surface area contributed by atoms with Gasteiger partial charge in [-0.1, -0.05) is 28.1 Å². The summed E-state index contributed by atoms with van der Waals surface area (Å²) in [4.78, 5) is 4.27. The third-order valence-corrected chi connectivity index (χ3v) is 3.78. The van der Waals surface area contributed by atoms with Crippen molar-refractivity contribution in [3.05, 3.63) is 70.3 Å². The molecular formula is C16H13BrN2O. The number of fused-ring (bicyclic) bond motifs is 1. The number of aliphatic hydroxyl groups is 1. The fourth-order valence-corrected chi connectivity index (χ4v) is 2.60. The minimum absolute atomic E-state index is 0.576. The second-order valence-corrected chi connectivity index (χ2v) is 5.55. The number of aromatic nitrogens is 1. The van der Waals surface area contributed by atoms with Crippen LogP contribution in [0.3, 0.4) is 0 Å². The Balaban J connectivity index is 2.07. The third-order valence-electron chi connectivity index (χ3n) is 3.29. The molecule has 0 aliphatic heterocycles. The van der Waals surface area contributed by atoms with Gasteiger partial charge in [-0.15, -0.1) is 0 Å². The first kappa shape index (κ1) is 13.1. The zero-order valence-corrected chi connectivity index (χ0v) is 12.2. The van der Waals surface area contributed by atoms with Crippen molar-refractivity contribution in [2.75, 3.05) is 5.73 Å². The van der Waals surface area contributed by atoms with Crippen molar-refractivity contribution in [1.82, 2.24) is 4.98 Å². The molecule has 0 saturated heterocycles. The minimum Gasteiger partial charge on any atom is -0.398 e. The summed E-state index contributed by atoms with van der Waals surface area (Å²) >= 11 is 3.40. The molecule has 0 fully saturated rings. The minimum atomic E-state index is -0.753. The lowest BCUT2D eigenvalue weighted by atomic mass is 9.98. The van der Waals surface area contributed by atoms with Crippen molar-refractivity contribution in [3.63, 3.8) is 0 Å². The maximum absolute atomic E-state index is 10.5. The third kappa shape index (κ3) is 2.40. The molecule has 0 aliphatic carbocycles. The van der Waals surface area contributed by atoms with E-state index in [1.54, 1.807) is 12.3 Å². The number of pyridine rings is 1. The largest absolute Gasteiger partial charge is 0.398 e. The molecule has 4 heteroatoms. The molecule has 1 aromatic heterocycles. The molecule has 20 heavy (non-hydrogen) atoms. The molecule has 3 N–H and O–H groups in total. The van der Waals surface area contributed by atoms with E-state index in [2.05, 4.69) is 20.9 Å². The topological polar surface area (TPSA) is 59.1 Å². The van der Waals surface area contributed by atoms with Crippen LogP contribution in [0.1, 0.15) is 17.2 Å². The molecule has 0 radical (unpaired) electrons. The Bertz CT molecular complexity index is 773. The van der Waals surface area contributed by atoms with E-state index in [1.807, 2.05) is 42.5 Å². The smallest absolute Gasteiger partial charge is 0.106 e. The number of nitrogens with two attached hydrogens (primary N) is 1.